The Morgan fingerprint density at radius 3 is 2.74 bits per heavy atom. The highest BCUT2D eigenvalue weighted by atomic mass is 35.5. The van der Waals surface area contributed by atoms with Gasteiger partial charge in [-0.3, -0.25) is 0 Å². The third-order valence-corrected chi connectivity index (χ3v) is 5.70. The van der Waals surface area contributed by atoms with Crippen molar-refractivity contribution in [1.29, 1.82) is 0 Å². The highest BCUT2D eigenvalue weighted by Crippen LogP contribution is 2.40. The molecule has 9 heteroatoms. The molecule has 1 aliphatic carbocycles. The number of nitrogens with one attached hydrogen (secondary N) is 2. The molecule has 31 heavy (non-hydrogen) atoms. The van der Waals surface area contributed by atoms with Gasteiger partial charge in [0.1, 0.15) is 11.6 Å². The maximum absolute atomic E-state index is 13.3. The molecule has 1 saturated carbocycles. The summed E-state index contributed by atoms with van der Waals surface area (Å²) >= 11 is 0. The molecule has 1 saturated heterocycles. The van der Waals surface area contributed by atoms with Gasteiger partial charge in [0, 0.05) is 43.2 Å². The summed E-state index contributed by atoms with van der Waals surface area (Å²) in [5.41, 5.74) is 9.14. The van der Waals surface area contributed by atoms with Crippen molar-refractivity contribution >= 4 is 43.0 Å². The second-order valence-corrected chi connectivity index (χ2v) is 8.05. The summed E-state index contributed by atoms with van der Waals surface area (Å²) in [7, 11) is 0. The Balaban J connectivity index is 0.00000160. The molecule has 0 radical (unpaired) electrons. The summed E-state index contributed by atoms with van der Waals surface area (Å²) in [6, 6.07) is 11.4. The van der Waals surface area contributed by atoms with Crippen LogP contribution in [0.3, 0.4) is 0 Å². The molecule has 0 bridgehead atoms. The minimum Gasteiger partial charge on any atom is -0.384 e. The molecule has 0 amide bonds. The number of rotatable bonds is 8. The van der Waals surface area contributed by atoms with Crippen LogP contribution in [-0.4, -0.2) is 43.4 Å². The molecule has 5 nitrogen and oxygen atoms in total. The topological polar surface area (TPSA) is 72.2 Å². The van der Waals surface area contributed by atoms with Crippen molar-refractivity contribution in [3.05, 3.63) is 59.0 Å². The summed E-state index contributed by atoms with van der Waals surface area (Å²) in [6.45, 7) is 5.36. The Bertz CT molecular complexity index is 809. The minimum atomic E-state index is -0.156. The van der Waals surface area contributed by atoms with E-state index in [1.807, 2.05) is 19.1 Å². The number of nitrogen functional groups attached to an aromatic ring is 1. The maximum atomic E-state index is 13.3. The van der Waals surface area contributed by atoms with Crippen molar-refractivity contribution in [2.45, 2.75) is 37.8 Å². The van der Waals surface area contributed by atoms with E-state index in [1.165, 1.54) is 6.07 Å². The Kier molecular flexibility index (Phi) is 11.5. The standard InChI is InChI=1S/C22H29FN4O.3ClH/c1-14-7-18(27-22(24)8-14)10-16-12-25-13-21(16)28-6-5-26-20-11-19(20)15-3-2-4-17(23)9-15;;;/h2-4,7-9,16,19-21,25-26H,5-6,10-13H2,1H3,(H2,24,27);3*1H/t16-,19+,20-,21+;;;/m1.../s1. The zero-order valence-corrected chi connectivity index (χ0v) is 20.0. The summed E-state index contributed by atoms with van der Waals surface area (Å²) in [5, 5.41) is 6.96. The summed E-state index contributed by atoms with van der Waals surface area (Å²) in [4.78, 5) is 4.46. The fraction of sp³-hybridized carbons (Fsp3) is 0.500. The van der Waals surface area contributed by atoms with Crippen LogP contribution in [-0.2, 0) is 11.2 Å². The van der Waals surface area contributed by atoms with Gasteiger partial charge in [-0.2, -0.15) is 0 Å². The van der Waals surface area contributed by atoms with E-state index in [0.717, 1.165) is 49.3 Å². The average molecular weight is 494 g/mol. The number of ether oxygens (including phenoxy) is 1. The number of anilines is 1. The van der Waals surface area contributed by atoms with Gasteiger partial charge in [0.15, 0.2) is 0 Å². The summed E-state index contributed by atoms with van der Waals surface area (Å²) in [6.07, 6.45) is 2.14. The number of hydrogen-bond acceptors (Lipinski definition) is 5. The van der Waals surface area contributed by atoms with Gasteiger partial charge in [0.2, 0.25) is 0 Å². The van der Waals surface area contributed by atoms with Gasteiger partial charge in [-0.15, -0.1) is 37.2 Å². The quantitative estimate of drug-likeness (QED) is 0.490. The Hall–Kier alpha value is -1.15. The molecule has 1 aromatic heterocycles. The fourth-order valence-corrected chi connectivity index (χ4v) is 4.23. The SMILES string of the molecule is Cc1cc(N)nc(C[C@@H]2CNC[C@@H]2OCCN[C@@H]2C[C@H]2c2cccc(F)c2)c1.Cl.Cl.Cl. The number of hydrogen-bond donors (Lipinski definition) is 3. The van der Waals surface area contributed by atoms with Crippen LogP contribution in [0.25, 0.3) is 0 Å². The van der Waals surface area contributed by atoms with Crippen molar-refractivity contribution in [2.75, 3.05) is 32.0 Å². The van der Waals surface area contributed by atoms with Crippen molar-refractivity contribution in [3.8, 4) is 0 Å². The number of aromatic nitrogens is 1. The van der Waals surface area contributed by atoms with Gasteiger partial charge in [-0.05, 0) is 55.2 Å². The monoisotopic (exact) mass is 492 g/mol. The second-order valence-electron chi connectivity index (χ2n) is 8.05. The highest BCUT2D eigenvalue weighted by molar-refractivity contribution is 5.86. The first-order valence-electron chi connectivity index (χ1n) is 10.1. The number of benzene rings is 1. The van der Waals surface area contributed by atoms with Crippen LogP contribution < -0.4 is 16.4 Å². The predicted octanol–water partition coefficient (Wildman–Crippen LogP) is 3.67. The van der Waals surface area contributed by atoms with E-state index in [4.69, 9.17) is 10.5 Å². The van der Waals surface area contributed by atoms with Gasteiger partial charge < -0.3 is 21.1 Å². The second kappa shape index (κ2) is 12.8. The number of nitrogens with zero attached hydrogens (tertiary/aromatic N) is 1. The molecule has 2 fully saturated rings. The maximum Gasteiger partial charge on any atom is 0.123 e. The highest BCUT2D eigenvalue weighted by Gasteiger charge is 2.38. The van der Waals surface area contributed by atoms with Crippen molar-refractivity contribution in [2.24, 2.45) is 5.92 Å². The third kappa shape index (κ3) is 7.74. The van der Waals surface area contributed by atoms with Crippen LogP contribution in [0.2, 0.25) is 0 Å². The zero-order chi connectivity index (χ0) is 19.5. The summed E-state index contributed by atoms with van der Waals surface area (Å²) in [5.74, 6) is 1.26. The first-order chi connectivity index (χ1) is 13.6. The van der Waals surface area contributed by atoms with Crippen LogP contribution in [0.4, 0.5) is 10.2 Å². The molecule has 2 aliphatic rings. The molecule has 2 heterocycles. The number of halogens is 4. The molecule has 4 atom stereocenters. The van der Waals surface area contributed by atoms with E-state index >= 15 is 0 Å². The largest absolute Gasteiger partial charge is 0.384 e. The van der Waals surface area contributed by atoms with Crippen molar-refractivity contribution < 1.29 is 9.13 Å². The minimum absolute atomic E-state index is 0. The lowest BCUT2D eigenvalue weighted by Gasteiger charge is -2.19. The van der Waals surface area contributed by atoms with Crippen LogP contribution in [0.5, 0.6) is 0 Å². The van der Waals surface area contributed by atoms with Gasteiger partial charge in [-0.25, -0.2) is 9.37 Å². The van der Waals surface area contributed by atoms with E-state index in [1.54, 1.807) is 12.1 Å². The van der Waals surface area contributed by atoms with Crippen molar-refractivity contribution in [3.63, 3.8) is 0 Å². The molecule has 174 valence electrons. The van der Waals surface area contributed by atoms with E-state index in [9.17, 15) is 4.39 Å². The zero-order valence-electron chi connectivity index (χ0n) is 17.6. The van der Waals surface area contributed by atoms with Crippen LogP contribution in [0.15, 0.2) is 36.4 Å². The third-order valence-electron chi connectivity index (χ3n) is 5.70. The van der Waals surface area contributed by atoms with E-state index in [2.05, 4.69) is 21.7 Å². The molecule has 2 aromatic rings. The first-order valence-corrected chi connectivity index (χ1v) is 10.1. The molecule has 1 aromatic carbocycles. The molecule has 1 aliphatic heterocycles. The number of nitrogens with two attached hydrogens (primary N) is 1. The number of aryl methyl sites for hydroxylation is 1. The smallest absolute Gasteiger partial charge is 0.123 e. The van der Waals surface area contributed by atoms with Crippen LogP contribution in [0, 0.1) is 18.7 Å². The Morgan fingerprint density at radius 1 is 1.19 bits per heavy atom. The molecular formula is C22H32Cl3FN4O. The lowest BCUT2D eigenvalue weighted by Crippen LogP contribution is -2.30. The fourth-order valence-electron chi connectivity index (χ4n) is 4.23. The van der Waals surface area contributed by atoms with E-state index in [0.29, 0.717) is 30.3 Å². The van der Waals surface area contributed by atoms with E-state index in [-0.39, 0.29) is 49.1 Å². The molecule has 0 unspecified atom stereocenters. The van der Waals surface area contributed by atoms with Gasteiger partial charge in [0.25, 0.3) is 0 Å². The lowest BCUT2D eigenvalue weighted by atomic mass is 9.99. The van der Waals surface area contributed by atoms with Crippen LogP contribution in [0.1, 0.15) is 29.2 Å². The molecule has 4 rings (SSSR count). The number of pyridine rings is 1. The lowest BCUT2D eigenvalue weighted by molar-refractivity contribution is 0.0394. The van der Waals surface area contributed by atoms with Crippen molar-refractivity contribution in [1.82, 2.24) is 15.6 Å². The average Bonchev–Trinajstić information content (AvgIpc) is 3.29. The first kappa shape index (κ1) is 27.9. The van der Waals surface area contributed by atoms with Gasteiger partial charge >= 0.3 is 0 Å². The van der Waals surface area contributed by atoms with Crippen LogP contribution >= 0.6 is 37.2 Å². The van der Waals surface area contributed by atoms with Gasteiger partial charge in [0.05, 0.1) is 12.7 Å². The molecular weight excluding hydrogens is 462 g/mol. The normalized spacial score (nSPS) is 23.9. The Morgan fingerprint density at radius 2 is 2.00 bits per heavy atom. The van der Waals surface area contributed by atoms with Gasteiger partial charge in [-0.1, -0.05) is 12.1 Å². The van der Waals surface area contributed by atoms with E-state index < -0.39 is 0 Å². The molecule has 0 spiro atoms. The predicted molar refractivity (Wildman–Crippen MR) is 130 cm³/mol. The Labute approximate surface area is 202 Å². The summed E-state index contributed by atoms with van der Waals surface area (Å²) < 4.78 is 19.5. The molecule has 4 N–H and O–H groups in total.